The Bertz CT molecular complexity index is 1030. The van der Waals surface area contributed by atoms with Crippen LogP contribution in [0.4, 0.5) is 5.82 Å². The highest BCUT2D eigenvalue weighted by Crippen LogP contribution is 2.33. The van der Waals surface area contributed by atoms with Crippen LogP contribution in [0.25, 0.3) is 11.2 Å². The van der Waals surface area contributed by atoms with Crippen molar-refractivity contribution in [2.24, 2.45) is 0 Å². The summed E-state index contributed by atoms with van der Waals surface area (Å²) < 4.78 is 2.09. The number of rotatable bonds is 7. The van der Waals surface area contributed by atoms with Crippen LogP contribution in [0.3, 0.4) is 0 Å². The van der Waals surface area contributed by atoms with E-state index in [-0.39, 0.29) is 5.78 Å². The van der Waals surface area contributed by atoms with Crippen molar-refractivity contribution in [2.75, 3.05) is 12.3 Å². The molecule has 146 valence electrons. The first-order valence-electron chi connectivity index (χ1n) is 9.57. The Morgan fingerprint density at radius 3 is 2.96 bits per heavy atom. The average molecular weight is 397 g/mol. The van der Waals surface area contributed by atoms with Crippen LogP contribution in [0.15, 0.2) is 34.6 Å². The van der Waals surface area contributed by atoms with Crippen molar-refractivity contribution in [3.05, 3.63) is 35.7 Å². The average Bonchev–Trinajstić information content (AvgIpc) is 3.20. The number of benzene rings is 1. The van der Waals surface area contributed by atoms with Crippen LogP contribution in [0.5, 0.6) is 0 Å². The van der Waals surface area contributed by atoms with Gasteiger partial charge in [-0.05, 0) is 37.1 Å². The molecule has 0 radical (unpaired) electrons. The summed E-state index contributed by atoms with van der Waals surface area (Å²) in [7, 11) is 0. The zero-order valence-electron chi connectivity index (χ0n) is 16.1. The zero-order valence-corrected chi connectivity index (χ0v) is 16.9. The van der Waals surface area contributed by atoms with Gasteiger partial charge in [-0.1, -0.05) is 31.7 Å². The summed E-state index contributed by atoms with van der Waals surface area (Å²) in [5.74, 6) is 0.607. The molecule has 2 aromatic heterocycles. The van der Waals surface area contributed by atoms with Gasteiger partial charge in [-0.25, -0.2) is 15.0 Å². The maximum absolute atomic E-state index is 12.1. The van der Waals surface area contributed by atoms with Crippen LogP contribution in [-0.2, 0) is 13.0 Å². The fourth-order valence-corrected chi connectivity index (χ4v) is 4.37. The van der Waals surface area contributed by atoms with E-state index in [1.807, 2.05) is 6.07 Å². The van der Waals surface area contributed by atoms with E-state index in [0.29, 0.717) is 23.8 Å². The lowest BCUT2D eigenvalue weighted by Crippen LogP contribution is -2.24. The highest BCUT2D eigenvalue weighted by atomic mass is 32.2. The molecule has 1 aromatic carbocycles. The summed E-state index contributed by atoms with van der Waals surface area (Å²) in [5, 5.41) is 4.25. The molecule has 1 aliphatic rings. The van der Waals surface area contributed by atoms with E-state index in [9.17, 15) is 4.79 Å². The van der Waals surface area contributed by atoms with E-state index in [1.165, 1.54) is 18.1 Å². The number of imidazole rings is 1. The van der Waals surface area contributed by atoms with Crippen LogP contribution in [0.1, 0.15) is 42.6 Å². The fraction of sp³-hybridized carbons (Fsp3) is 0.400. The van der Waals surface area contributed by atoms with Gasteiger partial charge < -0.3 is 15.6 Å². The van der Waals surface area contributed by atoms with Crippen molar-refractivity contribution in [3.8, 4) is 0 Å². The number of anilines is 1. The standard InChI is InChI=1S/C20H24N6OS/c1-12(2)22-8-3-9-26-19-17(18(21)23-11-24-19)25-20(26)28-14-6-4-13-5-7-16(27)15(13)10-14/h4,6,10-12,22H,3,5,7-9H2,1-2H3,(H2,21,23,24). The molecule has 1 aliphatic carbocycles. The van der Waals surface area contributed by atoms with E-state index in [4.69, 9.17) is 10.7 Å². The molecule has 0 bridgehead atoms. The summed E-state index contributed by atoms with van der Waals surface area (Å²) in [6.07, 6.45) is 3.87. The number of ketones is 1. The van der Waals surface area contributed by atoms with Crippen LogP contribution < -0.4 is 11.1 Å². The van der Waals surface area contributed by atoms with E-state index >= 15 is 0 Å². The second-order valence-corrected chi connectivity index (χ2v) is 8.32. The minimum Gasteiger partial charge on any atom is -0.382 e. The number of hydrogen-bond donors (Lipinski definition) is 2. The number of fused-ring (bicyclic) bond motifs is 2. The molecule has 0 atom stereocenters. The molecule has 0 fully saturated rings. The molecule has 3 aromatic rings. The van der Waals surface area contributed by atoms with E-state index in [2.05, 4.69) is 45.8 Å². The Hall–Kier alpha value is -2.45. The lowest BCUT2D eigenvalue weighted by atomic mass is 10.1. The Morgan fingerprint density at radius 2 is 2.14 bits per heavy atom. The van der Waals surface area contributed by atoms with Crippen LogP contribution in [0, 0.1) is 0 Å². The highest BCUT2D eigenvalue weighted by molar-refractivity contribution is 7.99. The molecule has 28 heavy (non-hydrogen) atoms. The number of nitrogens with two attached hydrogens (primary N) is 1. The van der Waals surface area contributed by atoms with Gasteiger partial charge in [0.2, 0.25) is 0 Å². The Kier molecular flexibility index (Phi) is 5.32. The molecular weight excluding hydrogens is 372 g/mol. The normalized spacial score (nSPS) is 13.6. The second-order valence-electron chi connectivity index (χ2n) is 7.28. The molecule has 7 nitrogen and oxygen atoms in total. The topological polar surface area (TPSA) is 98.7 Å². The minimum atomic E-state index is 0.223. The van der Waals surface area contributed by atoms with Gasteiger partial charge in [0.1, 0.15) is 6.33 Å². The Labute approximate surface area is 168 Å². The number of hydrogen-bond acceptors (Lipinski definition) is 7. The maximum Gasteiger partial charge on any atom is 0.175 e. The van der Waals surface area contributed by atoms with Gasteiger partial charge in [0.25, 0.3) is 0 Å². The number of aryl methyl sites for hydroxylation is 2. The van der Waals surface area contributed by atoms with Crippen LogP contribution in [-0.4, -0.2) is 37.9 Å². The van der Waals surface area contributed by atoms with Gasteiger partial charge in [-0.3, -0.25) is 4.79 Å². The molecule has 2 heterocycles. The molecule has 0 amide bonds. The van der Waals surface area contributed by atoms with Crippen molar-refractivity contribution < 1.29 is 4.79 Å². The molecule has 0 saturated carbocycles. The Morgan fingerprint density at radius 1 is 1.29 bits per heavy atom. The molecule has 0 aliphatic heterocycles. The number of carbonyl (C=O) groups is 1. The molecule has 0 spiro atoms. The van der Waals surface area contributed by atoms with E-state index in [0.717, 1.165) is 52.8 Å². The largest absolute Gasteiger partial charge is 0.382 e. The monoisotopic (exact) mass is 396 g/mol. The first-order valence-corrected chi connectivity index (χ1v) is 10.4. The summed E-state index contributed by atoms with van der Waals surface area (Å²) in [4.78, 5) is 26.3. The SMILES string of the molecule is CC(C)NCCCn1c(Sc2ccc3c(c2)C(=O)CC3)nc2c(N)ncnc21. The number of nitrogens with zero attached hydrogens (tertiary/aromatic N) is 4. The molecule has 4 rings (SSSR count). The third kappa shape index (κ3) is 3.74. The van der Waals surface area contributed by atoms with Crippen molar-refractivity contribution in [2.45, 2.75) is 55.7 Å². The van der Waals surface area contributed by atoms with Crippen molar-refractivity contribution in [1.29, 1.82) is 0 Å². The van der Waals surface area contributed by atoms with Gasteiger partial charge in [-0.2, -0.15) is 0 Å². The lowest BCUT2D eigenvalue weighted by Gasteiger charge is -2.11. The third-order valence-electron chi connectivity index (χ3n) is 4.85. The number of aromatic nitrogens is 4. The molecular formula is C20H24N6OS. The smallest absolute Gasteiger partial charge is 0.175 e. The maximum atomic E-state index is 12.1. The fourth-order valence-electron chi connectivity index (χ4n) is 3.43. The summed E-state index contributed by atoms with van der Waals surface area (Å²) >= 11 is 1.54. The van der Waals surface area contributed by atoms with Gasteiger partial charge in [0, 0.05) is 29.5 Å². The number of carbonyl (C=O) groups excluding carboxylic acids is 1. The molecule has 3 N–H and O–H groups in total. The van der Waals surface area contributed by atoms with Gasteiger partial charge in [0.05, 0.1) is 0 Å². The van der Waals surface area contributed by atoms with Gasteiger partial charge in [-0.15, -0.1) is 0 Å². The number of Topliss-reactive ketones (excluding diaryl/α,β-unsaturated/α-hetero) is 1. The predicted molar refractivity (Wildman–Crippen MR) is 111 cm³/mol. The minimum absolute atomic E-state index is 0.223. The predicted octanol–water partition coefficient (Wildman–Crippen LogP) is 3.08. The van der Waals surface area contributed by atoms with Crippen LogP contribution in [0.2, 0.25) is 0 Å². The number of nitrogens with one attached hydrogen (secondary N) is 1. The first kappa shape index (κ1) is 18.9. The quantitative estimate of drug-likeness (QED) is 0.592. The Balaban J connectivity index is 1.64. The van der Waals surface area contributed by atoms with Crippen molar-refractivity contribution >= 4 is 34.5 Å². The summed E-state index contributed by atoms with van der Waals surface area (Å²) in [6.45, 7) is 5.96. The molecule has 8 heteroatoms. The van der Waals surface area contributed by atoms with E-state index < -0.39 is 0 Å². The lowest BCUT2D eigenvalue weighted by molar-refractivity contribution is 0.0994. The molecule has 0 unspecified atom stereocenters. The van der Waals surface area contributed by atoms with E-state index in [1.54, 1.807) is 0 Å². The summed E-state index contributed by atoms with van der Waals surface area (Å²) in [5.41, 5.74) is 9.37. The number of nitrogen functional groups attached to an aromatic ring is 1. The van der Waals surface area contributed by atoms with Gasteiger partial charge in [0.15, 0.2) is 27.9 Å². The zero-order chi connectivity index (χ0) is 19.7. The summed E-state index contributed by atoms with van der Waals surface area (Å²) in [6, 6.07) is 6.54. The van der Waals surface area contributed by atoms with Crippen molar-refractivity contribution in [1.82, 2.24) is 24.8 Å². The molecule has 0 saturated heterocycles. The van der Waals surface area contributed by atoms with Gasteiger partial charge >= 0.3 is 0 Å². The highest BCUT2D eigenvalue weighted by Gasteiger charge is 2.21. The second kappa shape index (κ2) is 7.89. The van der Waals surface area contributed by atoms with Crippen molar-refractivity contribution in [3.63, 3.8) is 0 Å². The van der Waals surface area contributed by atoms with Crippen LogP contribution >= 0.6 is 11.8 Å². The third-order valence-corrected chi connectivity index (χ3v) is 5.83. The first-order chi connectivity index (χ1) is 13.5.